The van der Waals surface area contributed by atoms with Gasteiger partial charge >= 0.3 is 5.97 Å². The van der Waals surface area contributed by atoms with Gasteiger partial charge in [-0.2, -0.15) is 0 Å². The summed E-state index contributed by atoms with van der Waals surface area (Å²) in [6.07, 6.45) is 4.52. The smallest absolute Gasteiger partial charge is 0.340 e. The zero-order chi connectivity index (χ0) is 14.5. The second kappa shape index (κ2) is 7.02. The standard InChI is InChI=1S/C16H22O3S/c1-3-20-14-6-4-5-13(15(14)16(17)18)19-12-9-7-11(2)8-10-12/h4-6,11-12H,3,7-10H2,1-2H3,(H,17,18). The van der Waals surface area contributed by atoms with E-state index < -0.39 is 5.97 Å². The molecule has 1 aromatic rings. The summed E-state index contributed by atoms with van der Waals surface area (Å²) in [6, 6.07) is 5.51. The molecular formula is C16H22O3S. The Morgan fingerprint density at radius 3 is 2.65 bits per heavy atom. The van der Waals surface area contributed by atoms with Crippen molar-refractivity contribution < 1.29 is 14.6 Å². The highest BCUT2D eigenvalue weighted by Crippen LogP contribution is 2.33. The van der Waals surface area contributed by atoms with Crippen LogP contribution in [0.3, 0.4) is 0 Å². The average molecular weight is 294 g/mol. The van der Waals surface area contributed by atoms with Crippen LogP contribution in [0.1, 0.15) is 49.9 Å². The zero-order valence-corrected chi connectivity index (χ0v) is 12.9. The van der Waals surface area contributed by atoms with E-state index in [4.69, 9.17) is 4.74 Å². The quantitative estimate of drug-likeness (QED) is 0.815. The van der Waals surface area contributed by atoms with Gasteiger partial charge in [0.1, 0.15) is 11.3 Å². The Bertz CT molecular complexity index is 465. The molecule has 0 aromatic heterocycles. The minimum atomic E-state index is -0.902. The molecule has 0 atom stereocenters. The molecular weight excluding hydrogens is 272 g/mol. The summed E-state index contributed by atoms with van der Waals surface area (Å²) >= 11 is 1.55. The van der Waals surface area contributed by atoms with Crippen LogP contribution in [0.5, 0.6) is 5.75 Å². The fraction of sp³-hybridized carbons (Fsp3) is 0.562. The van der Waals surface area contributed by atoms with Gasteiger partial charge in [-0.05, 0) is 49.5 Å². The van der Waals surface area contributed by atoms with E-state index >= 15 is 0 Å². The molecule has 1 fully saturated rings. The number of thioether (sulfide) groups is 1. The van der Waals surface area contributed by atoms with Crippen LogP contribution < -0.4 is 4.74 Å². The molecule has 0 spiro atoms. The molecule has 0 amide bonds. The van der Waals surface area contributed by atoms with E-state index in [1.165, 1.54) is 0 Å². The Labute approximate surface area is 124 Å². The number of benzene rings is 1. The summed E-state index contributed by atoms with van der Waals surface area (Å²) in [6.45, 7) is 4.28. The van der Waals surface area contributed by atoms with Crippen molar-refractivity contribution in [2.75, 3.05) is 5.75 Å². The second-order valence-electron chi connectivity index (χ2n) is 5.37. The Morgan fingerprint density at radius 2 is 2.05 bits per heavy atom. The Hall–Kier alpha value is -1.16. The molecule has 110 valence electrons. The lowest BCUT2D eigenvalue weighted by Gasteiger charge is -2.27. The first-order chi connectivity index (χ1) is 9.61. The molecule has 2 rings (SSSR count). The molecule has 1 aliphatic rings. The first-order valence-electron chi connectivity index (χ1n) is 7.27. The van der Waals surface area contributed by atoms with E-state index in [9.17, 15) is 9.90 Å². The van der Waals surface area contributed by atoms with Crippen molar-refractivity contribution in [3.05, 3.63) is 23.8 Å². The first-order valence-corrected chi connectivity index (χ1v) is 8.26. The van der Waals surface area contributed by atoms with Crippen molar-refractivity contribution in [2.24, 2.45) is 5.92 Å². The van der Waals surface area contributed by atoms with E-state index in [0.29, 0.717) is 11.3 Å². The molecule has 0 heterocycles. The molecule has 0 radical (unpaired) electrons. The van der Waals surface area contributed by atoms with E-state index in [0.717, 1.165) is 42.2 Å². The summed E-state index contributed by atoms with van der Waals surface area (Å²) < 4.78 is 5.99. The largest absolute Gasteiger partial charge is 0.489 e. The number of carboxylic acid groups (broad SMARTS) is 1. The Kier molecular flexibility index (Phi) is 5.35. The van der Waals surface area contributed by atoms with E-state index in [1.54, 1.807) is 17.8 Å². The molecule has 3 nitrogen and oxygen atoms in total. The molecule has 1 aliphatic carbocycles. The zero-order valence-electron chi connectivity index (χ0n) is 12.1. The fourth-order valence-electron chi connectivity index (χ4n) is 2.62. The molecule has 1 saturated carbocycles. The maximum absolute atomic E-state index is 11.5. The summed E-state index contributed by atoms with van der Waals surface area (Å²) in [4.78, 5) is 12.3. The van der Waals surface area contributed by atoms with Gasteiger partial charge in [0, 0.05) is 4.90 Å². The SMILES string of the molecule is CCSc1cccc(OC2CCC(C)CC2)c1C(=O)O. The topological polar surface area (TPSA) is 46.5 Å². The van der Waals surface area contributed by atoms with E-state index in [-0.39, 0.29) is 6.10 Å². The van der Waals surface area contributed by atoms with Crippen LogP contribution in [0, 0.1) is 5.92 Å². The molecule has 0 bridgehead atoms. The van der Waals surface area contributed by atoms with Crippen LogP contribution in [0.2, 0.25) is 0 Å². The highest BCUT2D eigenvalue weighted by molar-refractivity contribution is 7.99. The minimum absolute atomic E-state index is 0.158. The van der Waals surface area contributed by atoms with Crippen molar-refractivity contribution in [3.8, 4) is 5.75 Å². The second-order valence-corrected chi connectivity index (χ2v) is 6.67. The van der Waals surface area contributed by atoms with Crippen LogP contribution in [-0.4, -0.2) is 22.9 Å². The molecule has 0 saturated heterocycles. The minimum Gasteiger partial charge on any atom is -0.489 e. The van der Waals surface area contributed by atoms with Crippen molar-refractivity contribution in [1.29, 1.82) is 0 Å². The third-order valence-electron chi connectivity index (χ3n) is 3.76. The van der Waals surface area contributed by atoms with Crippen LogP contribution in [-0.2, 0) is 0 Å². The molecule has 0 aliphatic heterocycles. The number of rotatable bonds is 5. The normalized spacial score (nSPS) is 22.5. The first kappa shape index (κ1) is 15.2. The third-order valence-corrected chi connectivity index (χ3v) is 4.70. The lowest BCUT2D eigenvalue weighted by atomic mass is 9.89. The predicted octanol–water partition coefficient (Wildman–Crippen LogP) is 4.45. The van der Waals surface area contributed by atoms with Gasteiger partial charge in [-0.3, -0.25) is 0 Å². The summed E-state index contributed by atoms with van der Waals surface area (Å²) in [5.74, 6) is 1.23. The number of ether oxygens (including phenoxy) is 1. The fourth-order valence-corrected chi connectivity index (χ4v) is 3.44. The van der Waals surface area contributed by atoms with Crippen molar-refractivity contribution in [2.45, 2.75) is 50.5 Å². The van der Waals surface area contributed by atoms with Gasteiger partial charge in [-0.15, -0.1) is 11.8 Å². The lowest BCUT2D eigenvalue weighted by molar-refractivity contribution is 0.0679. The van der Waals surface area contributed by atoms with Gasteiger partial charge in [-0.1, -0.05) is 19.9 Å². The van der Waals surface area contributed by atoms with Crippen LogP contribution >= 0.6 is 11.8 Å². The van der Waals surface area contributed by atoms with Gasteiger partial charge in [-0.25, -0.2) is 4.79 Å². The maximum atomic E-state index is 11.5. The lowest BCUT2D eigenvalue weighted by Crippen LogP contribution is -2.24. The van der Waals surface area contributed by atoms with Crippen molar-refractivity contribution in [1.82, 2.24) is 0 Å². The van der Waals surface area contributed by atoms with Gasteiger partial charge in [0.25, 0.3) is 0 Å². The number of carboxylic acids is 1. The predicted molar refractivity (Wildman–Crippen MR) is 81.8 cm³/mol. The highest BCUT2D eigenvalue weighted by atomic mass is 32.2. The van der Waals surface area contributed by atoms with Gasteiger partial charge < -0.3 is 9.84 Å². The van der Waals surface area contributed by atoms with Crippen LogP contribution in [0.15, 0.2) is 23.1 Å². The molecule has 20 heavy (non-hydrogen) atoms. The summed E-state index contributed by atoms with van der Waals surface area (Å²) in [5, 5.41) is 9.45. The highest BCUT2D eigenvalue weighted by Gasteiger charge is 2.23. The third kappa shape index (κ3) is 3.69. The molecule has 4 heteroatoms. The maximum Gasteiger partial charge on any atom is 0.340 e. The van der Waals surface area contributed by atoms with Gasteiger partial charge in [0.05, 0.1) is 6.10 Å². The van der Waals surface area contributed by atoms with E-state index in [2.05, 4.69) is 6.92 Å². The van der Waals surface area contributed by atoms with E-state index in [1.807, 2.05) is 19.1 Å². The van der Waals surface area contributed by atoms with Crippen molar-refractivity contribution in [3.63, 3.8) is 0 Å². The molecule has 1 aromatic carbocycles. The summed E-state index contributed by atoms with van der Waals surface area (Å²) in [7, 11) is 0. The monoisotopic (exact) mass is 294 g/mol. The Morgan fingerprint density at radius 1 is 1.35 bits per heavy atom. The van der Waals surface area contributed by atoms with Crippen molar-refractivity contribution >= 4 is 17.7 Å². The average Bonchev–Trinajstić information content (AvgIpc) is 2.41. The van der Waals surface area contributed by atoms with Gasteiger partial charge in [0.2, 0.25) is 0 Å². The Balaban J connectivity index is 2.18. The number of aromatic carboxylic acids is 1. The number of hydrogen-bond donors (Lipinski definition) is 1. The molecule has 0 unspecified atom stereocenters. The number of carbonyl (C=O) groups is 1. The van der Waals surface area contributed by atoms with Crippen LogP contribution in [0.25, 0.3) is 0 Å². The number of hydrogen-bond acceptors (Lipinski definition) is 3. The summed E-state index contributed by atoms with van der Waals surface area (Å²) in [5.41, 5.74) is 0.318. The van der Waals surface area contributed by atoms with Gasteiger partial charge in [0.15, 0.2) is 0 Å². The van der Waals surface area contributed by atoms with Crippen LogP contribution in [0.4, 0.5) is 0 Å². The molecule has 1 N–H and O–H groups in total.